The molecule has 0 saturated carbocycles. The fourth-order valence-corrected chi connectivity index (χ4v) is 2.54. The Morgan fingerprint density at radius 1 is 1.33 bits per heavy atom. The Morgan fingerprint density at radius 2 is 2.05 bits per heavy atom. The van der Waals surface area contributed by atoms with Crippen LogP contribution in [0.4, 0.5) is 0 Å². The van der Waals surface area contributed by atoms with Gasteiger partial charge in [0, 0.05) is 0 Å². The van der Waals surface area contributed by atoms with Gasteiger partial charge in [0.1, 0.15) is 12.2 Å². The summed E-state index contributed by atoms with van der Waals surface area (Å²) in [5.74, 6) is -0.0854. The number of H-pyrrole nitrogens is 1. The highest BCUT2D eigenvalue weighted by molar-refractivity contribution is 7.89. The van der Waals surface area contributed by atoms with Gasteiger partial charge in [-0.05, 0) is 31.2 Å². The maximum absolute atomic E-state index is 12.0. The second-order valence-corrected chi connectivity index (χ2v) is 5.77. The zero-order chi connectivity index (χ0) is 15.3. The fraction of sp³-hybridized carbons (Fsp3) is 0.250. The molecule has 8 nitrogen and oxygen atoms in total. The fourth-order valence-electron chi connectivity index (χ4n) is 1.55. The van der Waals surface area contributed by atoms with Crippen molar-refractivity contribution in [3.8, 4) is 0 Å². The third-order valence-corrected chi connectivity index (χ3v) is 3.99. The van der Waals surface area contributed by atoms with Crippen molar-refractivity contribution < 1.29 is 17.9 Å². The SMILES string of the molecule is CCOC(=O)c1ccc(S(=O)(=O)NCc2ncn[nH]2)cc1. The minimum absolute atomic E-state index is 0.00195. The van der Waals surface area contributed by atoms with Crippen LogP contribution in [-0.2, 0) is 21.3 Å². The highest BCUT2D eigenvalue weighted by Gasteiger charge is 2.15. The standard InChI is InChI=1S/C12H14N4O4S/c1-2-20-12(17)9-3-5-10(6-4-9)21(18,19)15-7-11-13-8-14-16-11/h3-6,8,15H,2,7H2,1H3,(H,13,14,16). The van der Waals surface area contributed by atoms with Crippen molar-refractivity contribution in [2.75, 3.05) is 6.61 Å². The first kappa shape index (κ1) is 15.1. The maximum Gasteiger partial charge on any atom is 0.338 e. The smallest absolute Gasteiger partial charge is 0.338 e. The average Bonchev–Trinajstić information content (AvgIpc) is 2.99. The highest BCUT2D eigenvalue weighted by atomic mass is 32.2. The Labute approximate surface area is 121 Å². The number of sulfonamides is 1. The summed E-state index contributed by atoms with van der Waals surface area (Å²) in [4.78, 5) is 15.3. The van der Waals surface area contributed by atoms with E-state index in [1.807, 2.05) is 0 Å². The van der Waals surface area contributed by atoms with Gasteiger partial charge in [-0.3, -0.25) is 5.10 Å². The van der Waals surface area contributed by atoms with Gasteiger partial charge in [-0.25, -0.2) is 22.9 Å². The number of hydrogen-bond acceptors (Lipinski definition) is 6. The van der Waals surface area contributed by atoms with Crippen LogP contribution in [0.2, 0.25) is 0 Å². The van der Waals surface area contributed by atoms with Crippen molar-refractivity contribution in [2.24, 2.45) is 0 Å². The van der Waals surface area contributed by atoms with E-state index in [2.05, 4.69) is 19.9 Å². The van der Waals surface area contributed by atoms with E-state index in [9.17, 15) is 13.2 Å². The van der Waals surface area contributed by atoms with E-state index >= 15 is 0 Å². The lowest BCUT2D eigenvalue weighted by molar-refractivity contribution is 0.0526. The minimum atomic E-state index is -3.68. The van der Waals surface area contributed by atoms with Crippen LogP contribution in [0.3, 0.4) is 0 Å². The zero-order valence-corrected chi connectivity index (χ0v) is 12.1. The van der Waals surface area contributed by atoms with Crippen molar-refractivity contribution in [1.29, 1.82) is 0 Å². The van der Waals surface area contributed by atoms with Crippen LogP contribution in [0.5, 0.6) is 0 Å². The molecule has 0 unspecified atom stereocenters. The van der Waals surface area contributed by atoms with Gasteiger partial charge >= 0.3 is 5.97 Å². The van der Waals surface area contributed by atoms with Gasteiger partial charge in [0.15, 0.2) is 0 Å². The number of aromatic amines is 1. The van der Waals surface area contributed by atoms with E-state index < -0.39 is 16.0 Å². The van der Waals surface area contributed by atoms with Crippen molar-refractivity contribution >= 4 is 16.0 Å². The molecule has 1 aromatic heterocycles. The number of rotatable bonds is 6. The van der Waals surface area contributed by atoms with Crippen molar-refractivity contribution in [3.05, 3.63) is 42.0 Å². The van der Waals surface area contributed by atoms with E-state index in [0.717, 1.165) is 0 Å². The van der Waals surface area contributed by atoms with Gasteiger partial charge in [-0.2, -0.15) is 5.10 Å². The lowest BCUT2D eigenvalue weighted by Crippen LogP contribution is -2.24. The van der Waals surface area contributed by atoms with Crippen LogP contribution >= 0.6 is 0 Å². The van der Waals surface area contributed by atoms with Crippen molar-refractivity contribution in [2.45, 2.75) is 18.4 Å². The van der Waals surface area contributed by atoms with Crippen LogP contribution in [0, 0.1) is 0 Å². The molecule has 0 aliphatic carbocycles. The van der Waals surface area contributed by atoms with E-state index in [1.165, 1.54) is 30.6 Å². The quantitative estimate of drug-likeness (QED) is 0.749. The van der Waals surface area contributed by atoms with Gasteiger partial charge in [-0.1, -0.05) is 0 Å². The third-order valence-electron chi connectivity index (χ3n) is 2.57. The monoisotopic (exact) mass is 310 g/mol. The highest BCUT2D eigenvalue weighted by Crippen LogP contribution is 2.11. The summed E-state index contributed by atoms with van der Waals surface area (Å²) in [7, 11) is -3.68. The molecule has 0 spiro atoms. The molecule has 2 aromatic rings. The van der Waals surface area contributed by atoms with E-state index in [1.54, 1.807) is 6.92 Å². The predicted octanol–water partition coefficient (Wildman–Crippen LogP) is 0.460. The maximum atomic E-state index is 12.0. The molecule has 2 N–H and O–H groups in total. The molecule has 2 rings (SSSR count). The van der Waals surface area contributed by atoms with Crippen LogP contribution in [0.1, 0.15) is 23.1 Å². The summed E-state index contributed by atoms with van der Waals surface area (Å²) in [6.45, 7) is 1.96. The van der Waals surface area contributed by atoms with Gasteiger partial charge in [0.25, 0.3) is 0 Å². The second-order valence-electron chi connectivity index (χ2n) is 4.00. The number of benzene rings is 1. The molecule has 112 valence electrons. The molecule has 0 atom stereocenters. The molecule has 1 aromatic carbocycles. The normalized spacial score (nSPS) is 11.3. The summed E-state index contributed by atoms with van der Waals surface area (Å²) < 4.78 is 31.3. The Balaban J connectivity index is 2.08. The first-order chi connectivity index (χ1) is 10.0. The number of nitrogens with one attached hydrogen (secondary N) is 2. The minimum Gasteiger partial charge on any atom is -0.462 e. The lowest BCUT2D eigenvalue weighted by Gasteiger charge is -2.06. The van der Waals surface area contributed by atoms with Gasteiger partial charge in [-0.15, -0.1) is 0 Å². The second kappa shape index (κ2) is 6.46. The number of hydrogen-bond donors (Lipinski definition) is 2. The first-order valence-corrected chi connectivity index (χ1v) is 7.62. The van der Waals surface area contributed by atoms with Crippen molar-refractivity contribution in [1.82, 2.24) is 19.9 Å². The Hall–Kier alpha value is -2.26. The van der Waals surface area contributed by atoms with Crippen LogP contribution in [0.25, 0.3) is 0 Å². The molecule has 0 fully saturated rings. The molecule has 0 amide bonds. The Kier molecular flexibility index (Phi) is 4.66. The molecule has 0 aliphatic rings. The lowest BCUT2D eigenvalue weighted by atomic mass is 10.2. The number of esters is 1. The molecule has 0 aliphatic heterocycles. The molecular formula is C12H14N4O4S. The summed E-state index contributed by atoms with van der Waals surface area (Å²) in [5.41, 5.74) is 0.297. The Morgan fingerprint density at radius 3 is 2.62 bits per heavy atom. The predicted molar refractivity (Wildman–Crippen MR) is 72.8 cm³/mol. The summed E-state index contributed by atoms with van der Waals surface area (Å²) >= 11 is 0. The average molecular weight is 310 g/mol. The number of aromatic nitrogens is 3. The molecule has 21 heavy (non-hydrogen) atoms. The molecule has 9 heteroatoms. The molecular weight excluding hydrogens is 296 g/mol. The summed E-state index contributed by atoms with van der Waals surface area (Å²) in [5, 5.41) is 6.17. The van der Waals surface area contributed by atoms with E-state index in [-0.39, 0.29) is 18.0 Å². The van der Waals surface area contributed by atoms with Crippen LogP contribution in [-0.4, -0.2) is 36.2 Å². The third kappa shape index (κ3) is 3.86. The van der Waals surface area contributed by atoms with Crippen LogP contribution < -0.4 is 4.72 Å². The van der Waals surface area contributed by atoms with E-state index in [0.29, 0.717) is 11.4 Å². The summed E-state index contributed by atoms with van der Waals surface area (Å²) in [6.07, 6.45) is 1.29. The summed E-state index contributed by atoms with van der Waals surface area (Å²) in [6, 6.07) is 5.49. The topological polar surface area (TPSA) is 114 Å². The number of nitrogens with zero attached hydrogens (tertiary/aromatic N) is 2. The zero-order valence-electron chi connectivity index (χ0n) is 11.2. The molecule has 0 bridgehead atoms. The van der Waals surface area contributed by atoms with Gasteiger partial charge in [0.05, 0.1) is 23.6 Å². The van der Waals surface area contributed by atoms with Gasteiger partial charge < -0.3 is 4.74 Å². The first-order valence-electron chi connectivity index (χ1n) is 6.14. The van der Waals surface area contributed by atoms with Crippen LogP contribution in [0.15, 0.2) is 35.5 Å². The van der Waals surface area contributed by atoms with E-state index in [4.69, 9.17) is 4.74 Å². The molecule has 0 radical (unpaired) electrons. The van der Waals surface area contributed by atoms with Crippen molar-refractivity contribution in [3.63, 3.8) is 0 Å². The molecule has 0 saturated heterocycles. The number of carbonyl (C=O) groups excluding carboxylic acids is 1. The number of ether oxygens (including phenoxy) is 1. The number of carbonyl (C=O) groups is 1. The Bertz CT molecular complexity index is 695. The largest absolute Gasteiger partial charge is 0.462 e. The van der Waals surface area contributed by atoms with Gasteiger partial charge in [0.2, 0.25) is 10.0 Å². The molecule has 1 heterocycles.